The van der Waals surface area contributed by atoms with Gasteiger partial charge in [0.1, 0.15) is 0 Å². The van der Waals surface area contributed by atoms with Crippen molar-refractivity contribution >= 4 is 47.1 Å². The summed E-state index contributed by atoms with van der Waals surface area (Å²) in [6.45, 7) is 9.72. The Balaban J connectivity index is 0. The van der Waals surface area contributed by atoms with Crippen molar-refractivity contribution in [1.29, 1.82) is 0 Å². The molecule has 0 aliphatic rings. The quantitative estimate of drug-likeness (QED) is 0.233. The van der Waals surface area contributed by atoms with E-state index in [1.54, 1.807) is 13.8 Å². The fourth-order valence-corrected chi connectivity index (χ4v) is 1.18. The van der Waals surface area contributed by atoms with Gasteiger partial charge in [-0.25, -0.2) is 0 Å². The van der Waals surface area contributed by atoms with E-state index in [1.807, 2.05) is 20.8 Å². The molecule has 0 N–H and O–H groups in total. The Kier molecular flexibility index (Phi) is 13.9. The fourth-order valence-electron chi connectivity index (χ4n) is 0.820. The Labute approximate surface area is 147 Å². The zero-order valence-electron chi connectivity index (χ0n) is 12.7. The molecule has 0 atom stereocenters. The average molecular weight is 380 g/mol. The molecule has 0 fully saturated rings. The van der Waals surface area contributed by atoms with Crippen molar-refractivity contribution in [3.8, 4) is 0 Å². The molecule has 0 heterocycles. The van der Waals surface area contributed by atoms with Crippen LogP contribution in [-0.4, -0.2) is 34.6 Å². The number of nitrogens with zero attached hydrogens (tertiary/aromatic N) is 4. The second kappa shape index (κ2) is 12.9. The Morgan fingerprint density at radius 2 is 1.43 bits per heavy atom. The van der Waals surface area contributed by atoms with Crippen LogP contribution in [0.25, 0.3) is 0 Å². The molecule has 21 heavy (non-hydrogen) atoms. The van der Waals surface area contributed by atoms with Crippen LogP contribution in [0, 0.1) is 0 Å². The van der Waals surface area contributed by atoms with Gasteiger partial charge in [-0.3, -0.25) is 0 Å². The van der Waals surface area contributed by atoms with E-state index in [9.17, 15) is 0 Å². The summed E-state index contributed by atoms with van der Waals surface area (Å²) >= 11 is 9.77. The summed E-state index contributed by atoms with van der Waals surface area (Å²) in [5.41, 5.74) is 1.14. The van der Waals surface area contributed by atoms with Gasteiger partial charge in [-0.2, -0.15) is 10.2 Å². The maximum atomic E-state index is 5.18. The maximum absolute atomic E-state index is 5.18. The summed E-state index contributed by atoms with van der Waals surface area (Å²) in [7, 11) is 0. The summed E-state index contributed by atoms with van der Waals surface area (Å²) < 4.78 is 10.3. The number of rotatable bonds is 6. The van der Waals surface area contributed by atoms with Crippen LogP contribution in [0.3, 0.4) is 0 Å². The summed E-state index contributed by atoms with van der Waals surface area (Å²) in [6.07, 6.45) is 0.838. The van der Waals surface area contributed by atoms with Crippen LogP contribution >= 0.6 is 0 Å². The minimum absolute atomic E-state index is 0. The summed E-state index contributed by atoms with van der Waals surface area (Å²) in [5.74, 6) is 0. The van der Waals surface area contributed by atoms with E-state index in [0.29, 0.717) is 18.0 Å². The monoisotopic (exact) mass is 379 g/mol. The van der Waals surface area contributed by atoms with Gasteiger partial charge in [0.05, 0.1) is 34.6 Å². The van der Waals surface area contributed by atoms with Crippen molar-refractivity contribution in [2.45, 2.75) is 47.1 Å². The minimum atomic E-state index is -0.0281. The second-order valence-corrected chi connectivity index (χ2v) is 4.82. The van der Waals surface area contributed by atoms with Gasteiger partial charge in [-0.05, 0) is 34.1 Å². The molecule has 0 aromatic carbocycles. The molecule has 0 amide bonds. The third-order valence-electron chi connectivity index (χ3n) is 1.85. The van der Waals surface area contributed by atoms with Crippen LogP contribution in [0.2, 0.25) is 0 Å². The number of ether oxygens (including phenoxy) is 2. The first-order valence-electron chi connectivity index (χ1n) is 6.25. The van der Waals surface area contributed by atoms with Gasteiger partial charge >= 0.3 is 17.1 Å². The predicted octanol–water partition coefficient (Wildman–Crippen LogP) is 2.39. The Bertz CT molecular complexity index is 423. The van der Waals surface area contributed by atoms with Crippen LogP contribution < -0.4 is 0 Å². The summed E-state index contributed by atoms with van der Waals surface area (Å²) in [4.78, 5) is 0. The van der Waals surface area contributed by atoms with E-state index in [2.05, 4.69) is 20.4 Å². The molecule has 9 heteroatoms. The van der Waals surface area contributed by atoms with E-state index in [4.69, 9.17) is 34.7 Å². The standard InChI is InChI=1S/C12H22N4O2S2.Cu/c1-6-7-17-11(19)15-13-9(4)10(5)14-16-12(20)18-8(2)3;/h8H,6-7H2,1-5H3,(H,15,19)(H,16,20);/q;+2/p-2/b13-9+,14-10+;. The SMILES string of the molecule is CCCO/C([S-])=N/N=C(C)/C(C)=N/N=C(\[S-])OC(C)C.[Cu+2]. The van der Waals surface area contributed by atoms with Crippen molar-refractivity contribution in [3.05, 3.63) is 0 Å². The van der Waals surface area contributed by atoms with Crippen LogP contribution in [-0.2, 0) is 51.8 Å². The third kappa shape index (κ3) is 12.7. The zero-order valence-corrected chi connectivity index (χ0v) is 15.3. The average Bonchev–Trinajstić information content (AvgIpc) is 2.38. The van der Waals surface area contributed by atoms with Gasteiger partial charge in [0, 0.05) is 0 Å². The first kappa shape index (κ1) is 22.5. The topological polar surface area (TPSA) is 67.9 Å². The zero-order chi connectivity index (χ0) is 15.5. The molecule has 0 aliphatic carbocycles. The van der Waals surface area contributed by atoms with Gasteiger partial charge < -0.3 is 34.7 Å². The van der Waals surface area contributed by atoms with Crippen molar-refractivity contribution in [1.82, 2.24) is 0 Å². The van der Waals surface area contributed by atoms with E-state index >= 15 is 0 Å². The fraction of sp³-hybridized carbons (Fsp3) is 0.667. The summed E-state index contributed by atoms with van der Waals surface area (Å²) in [6, 6.07) is 0. The molecule has 0 unspecified atom stereocenters. The normalized spacial score (nSPS) is 14.0. The Morgan fingerprint density at radius 3 is 1.86 bits per heavy atom. The molecular weight excluding hydrogens is 360 g/mol. The van der Waals surface area contributed by atoms with Gasteiger partial charge in [-0.1, -0.05) is 6.92 Å². The molecule has 123 valence electrons. The second-order valence-electron chi connectivity index (χ2n) is 4.12. The number of hydrogen-bond donors (Lipinski definition) is 0. The van der Waals surface area contributed by atoms with E-state index in [-0.39, 0.29) is 33.6 Å². The molecule has 6 nitrogen and oxygen atoms in total. The predicted molar refractivity (Wildman–Crippen MR) is 88.3 cm³/mol. The van der Waals surface area contributed by atoms with Crippen molar-refractivity contribution in [2.24, 2.45) is 20.4 Å². The number of hydrogen-bond acceptors (Lipinski definition) is 8. The summed E-state index contributed by atoms with van der Waals surface area (Å²) in [5, 5.41) is 15.6. The Hall–Kier alpha value is -0.761. The largest absolute Gasteiger partial charge is 2.00 e. The van der Waals surface area contributed by atoms with Crippen LogP contribution in [0.5, 0.6) is 0 Å². The molecule has 0 aromatic rings. The Morgan fingerprint density at radius 1 is 0.952 bits per heavy atom. The van der Waals surface area contributed by atoms with Gasteiger partial charge in [-0.15, -0.1) is 10.2 Å². The van der Waals surface area contributed by atoms with E-state index in [1.165, 1.54) is 0 Å². The smallest absolute Gasteiger partial charge is 0.720 e. The maximum Gasteiger partial charge on any atom is 2.00 e. The molecule has 1 radical (unpaired) electrons. The molecule has 0 spiro atoms. The van der Waals surface area contributed by atoms with E-state index in [0.717, 1.165) is 6.42 Å². The minimum Gasteiger partial charge on any atom is -0.720 e. The van der Waals surface area contributed by atoms with Gasteiger partial charge in [0.15, 0.2) is 0 Å². The molecule has 0 saturated heterocycles. The molecular formula is C12H20CuN4O2S2. The van der Waals surface area contributed by atoms with Crippen molar-refractivity contribution in [3.63, 3.8) is 0 Å². The van der Waals surface area contributed by atoms with Gasteiger partial charge in [0.2, 0.25) is 0 Å². The molecule has 0 rings (SSSR count). The van der Waals surface area contributed by atoms with Crippen LogP contribution in [0.1, 0.15) is 41.0 Å². The van der Waals surface area contributed by atoms with Crippen LogP contribution in [0.15, 0.2) is 20.4 Å². The van der Waals surface area contributed by atoms with Gasteiger partial charge in [0.25, 0.3) is 0 Å². The molecule has 0 aromatic heterocycles. The van der Waals surface area contributed by atoms with Crippen molar-refractivity contribution < 1.29 is 26.5 Å². The first-order valence-corrected chi connectivity index (χ1v) is 7.06. The van der Waals surface area contributed by atoms with E-state index < -0.39 is 0 Å². The first-order chi connectivity index (χ1) is 9.36. The van der Waals surface area contributed by atoms with Crippen LogP contribution in [0.4, 0.5) is 0 Å². The third-order valence-corrected chi connectivity index (χ3v) is 2.23. The molecule has 0 aliphatic heterocycles. The van der Waals surface area contributed by atoms with Crippen molar-refractivity contribution in [2.75, 3.05) is 6.61 Å². The molecule has 0 saturated carbocycles. The molecule has 0 bridgehead atoms.